The van der Waals surface area contributed by atoms with Crippen LogP contribution in [0.2, 0.25) is 5.02 Å². The van der Waals surface area contributed by atoms with E-state index in [1.165, 1.54) is 0 Å². The summed E-state index contributed by atoms with van der Waals surface area (Å²) in [4.78, 5) is 23.4. The van der Waals surface area contributed by atoms with Gasteiger partial charge in [0.15, 0.2) is 0 Å². The lowest BCUT2D eigenvalue weighted by Crippen LogP contribution is -2.16. The molecule has 1 saturated carbocycles. The summed E-state index contributed by atoms with van der Waals surface area (Å²) >= 11 is 6.16. The van der Waals surface area contributed by atoms with Gasteiger partial charge in [0, 0.05) is 22.2 Å². The molecule has 0 spiro atoms. The minimum absolute atomic E-state index is 0.0634. The fourth-order valence-corrected chi connectivity index (χ4v) is 2.87. The maximum Gasteiger partial charge on any atom is 0.248 e. The summed E-state index contributed by atoms with van der Waals surface area (Å²) in [6.45, 7) is 0. The molecule has 2 aromatic rings. The second-order valence-corrected chi connectivity index (χ2v) is 5.81. The van der Waals surface area contributed by atoms with Crippen LogP contribution in [0.5, 0.6) is 0 Å². The number of nitrogens with two attached hydrogens (primary N) is 1. The first kappa shape index (κ1) is 14.6. The Balaban J connectivity index is 1.68. The molecule has 3 rings (SSSR count). The van der Waals surface area contributed by atoms with Gasteiger partial charge in [-0.05, 0) is 42.2 Å². The second-order valence-electron chi connectivity index (χ2n) is 5.40. The van der Waals surface area contributed by atoms with Gasteiger partial charge in [-0.3, -0.25) is 9.59 Å². The smallest absolute Gasteiger partial charge is 0.248 e. The van der Waals surface area contributed by atoms with E-state index >= 15 is 0 Å². The van der Waals surface area contributed by atoms with Crippen LogP contribution in [-0.2, 0) is 4.79 Å². The molecular weight excluding hydrogens is 300 g/mol. The summed E-state index contributed by atoms with van der Waals surface area (Å²) in [6.07, 6.45) is 0.783. The first-order chi connectivity index (χ1) is 10.6. The van der Waals surface area contributed by atoms with E-state index in [4.69, 9.17) is 17.3 Å². The third kappa shape index (κ3) is 2.97. The lowest BCUT2D eigenvalue weighted by atomic mass is 10.1. The lowest BCUT2D eigenvalue weighted by molar-refractivity contribution is -0.117. The molecule has 5 heteroatoms. The van der Waals surface area contributed by atoms with E-state index in [2.05, 4.69) is 5.32 Å². The zero-order chi connectivity index (χ0) is 15.7. The van der Waals surface area contributed by atoms with Gasteiger partial charge >= 0.3 is 0 Å². The molecule has 0 aliphatic heterocycles. The van der Waals surface area contributed by atoms with Gasteiger partial charge in [-0.15, -0.1) is 0 Å². The number of amides is 2. The zero-order valence-electron chi connectivity index (χ0n) is 11.8. The van der Waals surface area contributed by atoms with Crippen LogP contribution < -0.4 is 11.1 Å². The Morgan fingerprint density at radius 1 is 1.14 bits per heavy atom. The van der Waals surface area contributed by atoms with Crippen LogP contribution in [-0.4, -0.2) is 11.8 Å². The number of nitrogens with one attached hydrogen (secondary N) is 1. The summed E-state index contributed by atoms with van der Waals surface area (Å²) in [5.74, 6) is -0.506. The van der Waals surface area contributed by atoms with Crippen LogP contribution >= 0.6 is 11.6 Å². The third-order valence-electron chi connectivity index (χ3n) is 3.85. The summed E-state index contributed by atoms with van der Waals surface area (Å²) < 4.78 is 0. The number of halogens is 1. The highest BCUT2D eigenvalue weighted by Gasteiger charge is 2.44. The average Bonchev–Trinajstić information content (AvgIpc) is 3.28. The molecule has 2 unspecified atom stereocenters. The summed E-state index contributed by atoms with van der Waals surface area (Å²) in [6, 6.07) is 14.2. The van der Waals surface area contributed by atoms with Gasteiger partial charge in [-0.2, -0.15) is 0 Å². The third-order valence-corrected chi connectivity index (χ3v) is 4.19. The molecule has 0 bridgehead atoms. The van der Waals surface area contributed by atoms with Crippen LogP contribution in [0.4, 0.5) is 5.69 Å². The number of primary amides is 1. The molecule has 4 nitrogen and oxygen atoms in total. The highest BCUT2D eigenvalue weighted by Crippen LogP contribution is 2.49. The zero-order valence-corrected chi connectivity index (χ0v) is 12.5. The van der Waals surface area contributed by atoms with Gasteiger partial charge in [0.2, 0.25) is 11.8 Å². The second kappa shape index (κ2) is 5.81. The number of hydrogen-bond donors (Lipinski definition) is 2. The van der Waals surface area contributed by atoms with Crippen molar-refractivity contribution < 1.29 is 9.59 Å². The highest BCUT2D eigenvalue weighted by molar-refractivity contribution is 6.31. The molecule has 0 heterocycles. The molecule has 1 aliphatic carbocycles. The maximum absolute atomic E-state index is 12.3. The summed E-state index contributed by atoms with van der Waals surface area (Å²) in [5, 5.41) is 3.52. The highest BCUT2D eigenvalue weighted by atomic mass is 35.5. The SMILES string of the molecule is NC(=O)c1cccc(NC(=O)C2CC2c2ccccc2Cl)c1. The standard InChI is InChI=1S/C17H15ClN2O2/c18-15-7-2-1-6-12(15)13-9-14(13)17(22)20-11-5-3-4-10(8-11)16(19)21/h1-8,13-14H,9H2,(H2,19,21)(H,20,22). The van der Waals surface area contributed by atoms with Crippen molar-refractivity contribution in [1.29, 1.82) is 0 Å². The quantitative estimate of drug-likeness (QED) is 0.909. The fourth-order valence-electron chi connectivity index (χ4n) is 2.59. The summed E-state index contributed by atoms with van der Waals surface area (Å²) in [5.41, 5.74) is 7.19. The normalized spacial score (nSPS) is 19.5. The van der Waals surface area contributed by atoms with Gasteiger partial charge < -0.3 is 11.1 Å². The minimum Gasteiger partial charge on any atom is -0.366 e. The molecule has 1 fully saturated rings. The Hall–Kier alpha value is -2.33. The molecule has 2 atom stereocenters. The van der Waals surface area contributed by atoms with Crippen molar-refractivity contribution in [1.82, 2.24) is 0 Å². The molecule has 2 aromatic carbocycles. The molecule has 0 radical (unpaired) electrons. The first-order valence-corrected chi connectivity index (χ1v) is 7.39. The average molecular weight is 315 g/mol. The Morgan fingerprint density at radius 3 is 2.64 bits per heavy atom. The fraction of sp³-hybridized carbons (Fsp3) is 0.176. The number of carbonyl (C=O) groups excluding carboxylic acids is 2. The predicted molar refractivity (Wildman–Crippen MR) is 85.9 cm³/mol. The van der Waals surface area contributed by atoms with E-state index in [0.29, 0.717) is 16.3 Å². The van der Waals surface area contributed by atoms with E-state index < -0.39 is 5.91 Å². The lowest BCUT2D eigenvalue weighted by Gasteiger charge is -2.07. The van der Waals surface area contributed by atoms with Crippen molar-refractivity contribution in [3.63, 3.8) is 0 Å². The molecule has 22 heavy (non-hydrogen) atoms. The van der Waals surface area contributed by atoms with Gasteiger partial charge in [0.25, 0.3) is 0 Å². The number of hydrogen-bond acceptors (Lipinski definition) is 2. The van der Waals surface area contributed by atoms with Gasteiger partial charge in [0.05, 0.1) is 0 Å². The molecular formula is C17H15ClN2O2. The maximum atomic E-state index is 12.3. The van der Waals surface area contributed by atoms with Crippen molar-refractivity contribution >= 4 is 29.1 Å². The number of rotatable bonds is 4. The molecule has 112 valence electrons. The minimum atomic E-state index is -0.517. The monoisotopic (exact) mass is 314 g/mol. The van der Waals surface area contributed by atoms with Gasteiger partial charge in [0.1, 0.15) is 0 Å². The molecule has 1 aliphatic rings. The largest absolute Gasteiger partial charge is 0.366 e. The molecule has 2 amide bonds. The van der Waals surface area contributed by atoms with E-state index in [1.807, 2.05) is 24.3 Å². The van der Waals surface area contributed by atoms with Crippen LogP contribution in [0.15, 0.2) is 48.5 Å². The van der Waals surface area contributed by atoms with E-state index in [1.54, 1.807) is 24.3 Å². The number of carbonyl (C=O) groups is 2. The predicted octanol–water partition coefficient (Wildman–Crippen LogP) is 3.18. The van der Waals surface area contributed by atoms with Crippen LogP contribution in [0.25, 0.3) is 0 Å². The Bertz CT molecular complexity index is 745. The molecule has 3 N–H and O–H groups in total. The Morgan fingerprint density at radius 2 is 1.91 bits per heavy atom. The Labute approximate surface area is 133 Å². The molecule has 0 aromatic heterocycles. The number of anilines is 1. The van der Waals surface area contributed by atoms with Crippen LogP contribution in [0.3, 0.4) is 0 Å². The van der Waals surface area contributed by atoms with Crippen molar-refractivity contribution in [2.24, 2.45) is 11.7 Å². The van der Waals surface area contributed by atoms with Crippen molar-refractivity contribution in [3.05, 3.63) is 64.7 Å². The van der Waals surface area contributed by atoms with E-state index in [-0.39, 0.29) is 17.7 Å². The summed E-state index contributed by atoms with van der Waals surface area (Å²) in [7, 11) is 0. The molecule has 0 saturated heterocycles. The van der Waals surface area contributed by atoms with Crippen LogP contribution in [0.1, 0.15) is 28.3 Å². The van der Waals surface area contributed by atoms with Crippen LogP contribution in [0, 0.1) is 5.92 Å². The van der Waals surface area contributed by atoms with Crippen molar-refractivity contribution in [3.8, 4) is 0 Å². The van der Waals surface area contributed by atoms with Gasteiger partial charge in [-0.1, -0.05) is 35.9 Å². The van der Waals surface area contributed by atoms with Gasteiger partial charge in [-0.25, -0.2) is 0 Å². The first-order valence-electron chi connectivity index (χ1n) is 7.01. The topological polar surface area (TPSA) is 72.2 Å². The Kier molecular flexibility index (Phi) is 3.86. The van der Waals surface area contributed by atoms with E-state index in [0.717, 1.165) is 12.0 Å². The van der Waals surface area contributed by atoms with Crippen molar-refractivity contribution in [2.45, 2.75) is 12.3 Å². The van der Waals surface area contributed by atoms with Crippen molar-refractivity contribution in [2.75, 3.05) is 5.32 Å². The number of benzene rings is 2. The van der Waals surface area contributed by atoms with E-state index in [9.17, 15) is 9.59 Å².